The van der Waals surface area contributed by atoms with E-state index in [9.17, 15) is 0 Å². The van der Waals surface area contributed by atoms with Gasteiger partial charge in [0.1, 0.15) is 0 Å². The molecule has 2 rings (SSSR count). The Morgan fingerprint density at radius 2 is 1.94 bits per heavy atom. The van der Waals surface area contributed by atoms with Crippen LogP contribution in [0.2, 0.25) is 0 Å². The van der Waals surface area contributed by atoms with Crippen LogP contribution in [0, 0.1) is 13.8 Å². The van der Waals surface area contributed by atoms with Crippen molar-refractivity contribution in [3.63, 3.8) is 0 Å². The molecule has 1 aromatic heterocycles. The predicted octanol–water partition coefficient (Wildman–Crippen LogP) is 2.55. The molecule has 0 bridgehead atoms. The average molecular weight is 231 g/mol. The van der Waals surface area contributed by atoms with Gasteiger partial charge in [-0.25, -0.2) is 0 Å². The van der Waals surface area contributed by atoms with Crippen molar-refractivity contribution in [3.8, 4) is 11.5 Å². The summed E-state index contributed by atoms with van der Waals surface area (Å²) < 4.78 is 5.26. The van der Waals surface area contributed by atoms with E-state index < -0.39 is 5.54 Å². The highest BCUT2D eigenvalue weighted by Gasteiger charge is 2.22. The number of nitrogens with zero attached hydrogens (tertiary/aromatic N) is 2. The summed E-state index contributed by atoms with van der Waals surface area (Å²) in [6.45, 7) is 7.78. The molecule has 0 saturated carbocycles. The Balaban J connectivity index is 2.44. The Bertz CT molecular complexity index is 538. The molecule has 17 heavy (non-hydrogen) atoms. The summed E-state index contributed by atoms with van der Waals surface area (Å²) in [6, 6.07) is 6.11. The number of rotatable bonds is 2. The van der Waals surface area contributed by atoms with E-state index in [1.807, 2.05) is 32.9 Å². The molecule has 0 aliphatic heterocycles. The highest BCUT2D eigenvalue weighted by atomic mass is 16.5. The van der Waals surface area contributed by atoms with Crippen molar-refractivity contribution in [1.82, 2.24) is 10.1 Å². The minimum Gasteiger partial charge on any atom is -0.334 e. The number of aryl methyl sites for hydroxylation is 2. The molecule has 1 aromatic carbocycles. The normalized spacial score (nSPS) is 11.8. The van der Waals surface area contributed by atoms with Crippen LogP contribution in [0.25, 0.3) is 11.5 Å². The molecule has 90 valence electrons. The van der Waals surface area contributed by atoms with Crippen LogP contribution in [0.3, 0.4) is 0 Å². The van der Waals surface area contributed by atoms with Crippen molar-refractivity contribution in [1.29, 1.82) is 0 Å². The highest BCUT2D eigenvalue weighted by molar-refractivity contribution is 5.58. The van der Waals surface area contributed by atoms with Crippen LogP contribution in [-0.2, 0) is 5.54 Å². The molecule has 0 saturated heterocycles. The summed E-state index contributed by atoms with van der Waals surface area (Å²) >= 11 is 0. The Morgan fingerprint density at radius 1 is 1.24 bits per heavy atom. The molecule has 0 atom stereocenters. The Kier molecular flexibility index (Phi) is 2.75. The molecule has 0 fully saturated rings. The molecule has 0 unspecified atom stereocenters. The fourth-order valence-electron chi connectivity index (χ4n) is 1.65. The van der Waals surface area contributed by atoms with Gasteiger partial charge < -0.3 is 10.3 Å². The quantitative estimate of drug-likeness (QED) is 0.862. The monoisotopic (exact) mass is 231 g/mol. The second-order valence-corrected chi connectivity index (χ2v) is 4.96. The first-order valence-electron chi connectivity index (χ1n) is 5.58. The van der Waals surface area contributed by atoms with Crippen LogP contribution in [-0.4, -0.2) is 10.1 Å². The second kappa shape index (κ2) is 3.96. The fraction of sp³-hybridized carbons (Fsp3) is 0.385. The van der Waals surface area contributed by atoms with Crippen LogP contribution >= 0.6 is 0 Å². The van der Waals surface area contributed by atoms with Gasteiger partial charge in [-0.2, -0.15) is 4.98 Å². The van der Waals surface area contributed by atoms with Gasteiger partial charge in [-0.15, -0.1) is 0 Å². The molecular weight excluding hydrogens is 214 g/mol. The Morgan fingerprint density at radius 3 is 2.47 bits per heavy atom. The molecule has 2 N–H and O–H groups in total. The largest absolute Gasteiger partial charge is 0.334 e. The third-order valence-electron chi connectivity index (χ3n) is 2.61. The average Bonchev–Trinajstić information content (AvgIpc) is 2.65. The van der Waals surface area contributed by atoms with Crippen LogP contribution < -0.4 is 5.73 Å². The van der Waals surface area contributed by atoms with Crippen LogP contribution in [0.15, 0.2) is 22.7 Å². The van der Waals surface area contributed by atoms with Gasteiger partial charge in [-0.3, -0.25) is 0 Å². The van der Waals surface area contributed by atoms with Gasteiger partial charge in [-0.05, 0) is 39.3 Å². The van der Waals surface area contributed by atoms with E-state index >= 15 is 0 Å². The van der Waals surface area contributed by atoms with Crippen molar-refractivity contribution < 1.29 is 4.52 Å². The minimum absolute atomic E-state index is 0.521. The van der Waals surface area contributed by atoms with E-state index in [1.54, 1.807) is 0 Å². The van der Waals surface area contributed by atoms with E-state index in [0.29, 0.717) is 11.7 Å². The lowest BCUT2D eigenvalue weighted by atomic mass is 10.1. The third kappa shape index (κ3) is 2.36. The van der Waals surface area contributed by atoms with E-state index in [-0.39, 0.29) is 0 Å². The van der Waals surface area contributed by atoms with Gasteiger partial charge in [0.05, 0.1) is 5.54 Å². The summed E-state index contributed by atoms with van der Waals surface area (Å²) in [6.07, 6.45) is 0. The molecule has 2 aromatic rings. The standard InChI is InChI=1S/C13H17N3O/c1-8-5-6-10(9(2)7-8)11-15-12(16-17-11)13(3,4)14/h5-7H,14H2,1-4H3. The lowest BCUT2D eigenvalue weighted by molar-refractivity contribution is 0.397. The summed E-state index contributed by atoms with van der Waals surface area (Å²) in [5.74, 6) is 1.04. The summed E-state index contributed by atoms with van der Waals surface area (Å²) in [5, 5.41) is 3.92. The van der Waals surface area contributed by atoms with E-state index in [0.717, 1.165) is 11.1 Å². The minimum atomic E-state index is -0.583. The lowest BCUT2D eigenvalue weighted by Gasteiger charge is -2.11. The fourth-order valence-corrected chi connectivity index (χ4v) is 1.65. The van der Waals surface area contributed by atoms with Gasteiger partial charge >= 0.3 is 0 Å². The maximum atomic E-state index is 5.93. The molecule has 0 aliphatic rings. The first-order valence-corrected chi connectivity index (χ1v) is 5.58. The summed E-state index contributed by atoms with van der Waals surface area (Å²) in [7, 11) is 0. The zero-order valence-electron chi connectivity index (χ0n) is 10.6. The van der Waals surface area contributed by atoms with E-state index in [1.165, 1.54) is 5.56 Å². The van der Waals surface area contributed by atoms with Crippen molar-refractivity contribution >= 4 is 0 Å². The summed E-state index contributed by atoms with van der Waals surface area (Å²) in [4.78, 5) is 4.34. The molecule has 1 heterocycles. The van der Waals surface area contributed by atoms with Gasteiger partial charge in [-0.1, -0.05) is 22.9 Å². The molecule has 0 spiro atoms. The molecule has 4 heteroatoms. The number of benzene rings is 1. The number of hydrogen-bond acceptors (Lipinski definition) is 4. The van der Waals surface area contributed by atoms with Crippen molar-refractivity contribution in [2.75, 3.05) is 0 Å². The Hall–Kier alpha value is -1.68. The first-order chi connectivity index (χ1) is 7.88. The summed E-state index contributed by atoms with van der Waals surface area (Å²) in [5.41, 5.74) is 8.63. The zero-order chi connectivity index (χ0) is 12.6. The molecule has 0 amide bonds. The van der Waals surface area contributed by atoms with E-state index in [4.69, 9.17) is 10.3 Å². The van der Waals surface area contributed by atoms with Crippen molar-refractivity contribution in [3.05, 3.63) is 35.2 Å². The maximum Gasteiger partial charge on any atom is 0.258 e. The molecule has 4 nitrogen and oxygen atoms in total. The van der Waals surface area contributed by atoms with Crippen molar-refractivity contribution in [2.45, 2.75) is 33.2 Å². The predicted molar refractivity (Wildman–Crippen MR) is 66.4 cm³/mol. The second-order valence-electron chi connectivity index (χ2n) is 4.96. The van der Waals surface area contributed by atoms with E-state index in [2.05, 4.69) is 23.1 Å². The topological polar surface area (TPSA) is 64.9 Å². The third-order valence-corrected chi connectivity index (χ3v) is 2.61. The highest BCUT2D eigenvalue weighted by Crippen LogP contribution is 2.24. The van der Waals surface area contributed by atoms with Crippen molar-refractivity contribution in [2.24, 2.45) is 5.73 Å². The van der Waals surface area contributed by atoms with Crippen LogP contribution in [0.5, 0.6) is 0 Å². The zero-order valence-corrected chi connectivity index (χ0v) is 10.6. The van der Waals surface area contributed by atoms with Gasteiger partial charge in [0.2, 0.25) is 0 Å². The lowest BCUT2D eigenvalue weighted by Crippen LogP contribution is -2.30. The molecular formula is C13H17N3O. The number of aromatic nitrogens is 2. The number of hydrogen-bond donors (Lipinski definition) is 1. The van der Waals surface area contributed by atoms with Gasteiger partial charge in [0, 0.05) is 5.56 Å². The Labute approximate surface area is 101 Å². The smallest absolute Gasteiger partial charge is 0.258 e. The molecule has 0 aliphatic carbocycles. The van der Waals surface area contributed by atoms with Crippen LogP contribution in [0.4, 0.5) is 0 Å². The van der Waals surface area contributed by atoms with Crippen LogP contribution in [0.1, 0.15) is 30.8 Å². The maximum absolute atomic E-state index is 5.93. The molecule has 0 radical (unpaired) electrons. The number of nitrogens with two attached hydrogens (primary N) is 1. The SMILES string of the molecule is Cc1ccc(-c2nc(C(C)(C)N)no2)c(C)c1. The first kappa shape index (κ1) is 11.8. The van der Waals surface area contributed by atoms with Gasteiger partial charge in [0.25, 0.3) is 5.89 Å². The van der Waals surface area contributed by atoms with Gasteiger partial charge in [0.15, 0.2) is 5.82 Å².